The van der Waals surface area contributed by atoms with Crippen molar-refractivity contribution in [2.75, 3.05) is 0 Å². The van der Waals surface area contributed by atoms with Crippen molar-refractivity contribution in [3.05, 3.63) is 0 Å². The molecule has 10 nitrogen and oxygen atoms in total. The summed E-state index contributed by atoms with van der Waals surface area (Å²) in [4.78, 5) is 21.6. The van der Waals surface area contributed by atoms with Crippen molar-refractivity contribution in [2.45, 2.75) is 0 Å². The van der Waals surface area contributed by atoms with Crippen LogP contribution in [0.4, 0.5) is 0 Å². The number of phosphoric acid groups is 1. The Morgan fingerprint density at radius 1 is 0.923 bits per heavy atom. The van der Waals surface area contributed by atoms with Gasteiger partial charge in [-0.3, -0.25) is 9.11 Å². The first-order chi connectivity index (χ1) is 4.00. The van der Waals surface area contributed by atoms with Gasteiger partial charge in [0.2, 0.25) is 0 Å². The van der Waals surface area contributed by atoms with Gasteiger partial charge >= 0.3 is 47.8 Å². The molecule has 0 aromatic heterocycles. The summed E-state index contributed by atoms with van der Waals surface area (Å²) in [6.45, 7) is 0. The third-order valence-electron chi connectivity index (χ3n) is 0. The number of hydrogen-bond acceptors (Lipinski definition) is 5. The Hall–Kier alpha value is 0.900. The number of hydrogen-bond donors (Lipinski definition) is 7. The minimum atomic E-state index is -4.67. The Kier molecular flexibility index (Phi) is 24.7. The molecule has 0 unspecified atom stereocenters. The Bertz CT molecular complexity index is 200. The second-order valence-corrected chi connectivity index (χ2v) is 2.88. The maximum absolute atomic E-state index is 8.88. The molecule has 0 aliphatic heterocycles. The average Bonchev–Trinajstić information content (AvgIpc) is 1.12. The molecule has 11 N–H and O–H groups in total. The summed E-state index contributed by atoms with van der Waals surface area (Å²) < 4.78 is 40.5. The van der Waals surface area contributed by atoms with Gasteiger partial charge in [-0.15, -0.1) is 0 Å². The van der Waals surface area contributed by atoms with Gasteiger partial charge in [0.15, 0.2) is 0 Å². The molecule has 0 atom stereocenters. The van der Waals surface area contributed by atoms with Gasteiger partial charge in [0.05, 0.1) is 0 Å². The third kappa shape index (κ3) is 1890. The molecule has 0 heterocycles. The molecule has 13 heteroatoms. The number of rotatable bonds is 0. The van der Waals surface area contributed by atoms with Gasteiger partial charge in [0, 0.05) is 0 Å². The first-order valence-electron chi connectivity index (χ1n) is 1.48. The van der Waals surface area contributed by atoms with Crippen LogP contribution in [0.1, 0.15) is 0 Å². The molecular weight excluding hydrogens is 242 g/mol. The van der Waals surface area contributed by atoms with Gasteiger partial charge in [-0.2, -0.15) is 8.42 Å². The van der Waals surface area contributed by atoms with Crippen LogP contribution in [0.3, 0.4) is 0 Å². The first kappa shape index (κ1) is 29.2. The van der Waals surface area contributed by atoms with Crippen molar-refractivity contribution in [2.24, 2.45) is 0 Å². The monoisotopic (exact) mass is 254 g/mol. The van der Waals surface area contributed by atoms with Gasteiger partial charge in [0.1, 0.15) is 0 Å². The van der Waals surface area contributed by atoms with Crippen molar-refractivity contribution in [3.63, 3.8) is 0 Å². The van der Waals surface area contributed by atoms with Crippen LogP contribution in [0, 0.1) is 0 Å². The molecule has 82 valence electrons. The van der Waals surface area contributed by atoms with Gasteiger partial charge < -0.3 is 27.0 Å². The third-order valence-corrected chi connectivity index (χ3v) is 0. The van der Waals surface area contributed by atoms with E-state index >= 15 is 0 Å². The fraction of sp³-hybridized carbons (Fsp3) is 0. The predicted octanol–water partition coefficient (Wildman–Crippen LogP) is -1.91. The Labute approximate surface area is 96.6 Å². The molecule has 0 amide bonds. The molecule has 0 rings (SSSR count). The zero-order chi connectivity index (χ0) is 9.00. The van der Waals surface area contributed by atoms with Crippen molar-refractivity contribution < 1.29 is 36.8 Å². The molecule has 0 aromatic rings. The van der Waals surface area contributed by atoms with Crippen LogP contribution in [0.5, 0.6) is 0 Å². The molecule has 0 fully saturated rings. The summed E-state index contributed by atoms with van der Waals surface area (Å²) in [7, 11) is -9.31. The van der Waals surface area contributed by atoms with E-state index in [0.717, 1.165) is 0 Å². The van der Waals surface area contributed by atoms with Crippen LogP contribution >= 0.6 is 7.82 Å². The van der Waals surface area contributed by atoms with Crippen LogP contribution in [0.25, 0.3) is 0 Å². The second kappa shape index (κ2) is 11.0. The maximum atomic E-state index is 8.88. The fourth-order valence-electron chi connectivity index (χ4n) is 0. The quantitative estimate of drug-likeness (QED) is 0.144. The van der Waals surface area contributed by atoms with Gasteiger partial charge in [-0.25, -0.2) is 4.57 Å². The summed E-state index contributed by atoms with van der Waals surface area (Å²) in [5.74, 6) is 0. The standard InChI is InChI=1S/2H3N.Na.H3O4P.H2O4S.H/c;;;2*1-5(2,3)4;/h2*1H3;;(H3,1,2,3,4);(H2,1,2,3,4);. The van der Waals surface area contributed by atoms with Crippen molar-refractivity contribution in [1.29, 1.82) is 0 Å². The van der Waals surface area contributed by atoms with Crippen molar-refractivity contribution in [1.82, 2.24) is 12.3 Å². The van der Waals surface area contributed by atoms with Crippen LogP contribution < -0.4 is 12.3 Å². The predicted molar refractivity (Wildman–Crippen MR) is 45.6 cm³/mol. The minimum absolute atomic E-state index is 0. The van der Waals surface area contributed by atoms with E-state index in [1.54, 1.807) is 0 Å². The summed E-state index contributed by atoms with van der Waals surface area (Å²) in [6, 6.07) is 0. The second-order valence-electron chi connectivity index (χ2n) is 0.961. The molecule has 0 aliphatic rings. The van der Waals surface area contributed by atoms with E-state index in [-0.39, 0.29) is 41.9 Å². The molecule has 0 radical (unpaired) electrons. The Morgan fingerprint density at radius 2 is 0.923 bits per heavy atom. The van der Waals surface area contributed by atoms with E-state index in [1.807, 2.05) is 0 Å². The molecule has 0 saturated carbocycles. The van der Waals surface area contributed by atoms with Gasteiger partial charge in [0.25, 0.3) is 0 Å². The van der Waals surface area contributed by atoms with Crippen LogP contribution in [-0.4, -0.2) is 61.8 Å². The molecular formula is H12N2NaO8PS. The van der Waals surface area contributed by atoms with E-state index in [2.05, 4.69) is 0 Å². The summed E-state index contributed by atoms with van der Waals surface area (Å²) >= 11 is 0. The topological polar surface area (TPSA) is 222 Å². The van der Waals surface area contributed by atoms with Gasteiger partial charge in [-0.1, -0.05) is 0 Å². The van der Waals surface area contributed by atoms with Gasteiger partial charge in [-0.05, 0) is 0 Å². The zero-order valence-corrected chi connectivity index (χ0v) is 7.44. The van der Waals surface area contributed by atoms with Crippen LogP contribution in [-0.2, 0) is 15.0 Å². The molecule has 13 heavy (non-hydrogen) atoms. The molecule has 0 aromatic carbocycles. The van der Waals surface area contributed by atoms with E-state index < -0.39 is 18.2 Å². The van der Waals surface area contributed by atoms with E-state index in [4.69, 9.17) is 36.8 Å². The molecule has 0 saturated heterocycles. The van der Waals surface area contributed by atoms with Crippen LogP contribution in [0.2, 0.25) is 0 Å². The zero-order valence-electron chi connectivity index (χ0n) is 5.73. The Morgan fingerprint density at radius 3 is 0.923 bits per heavy atom. The summed E-state index contributed by atoms with van der Waals surface area (Å²) in [6.07, 6.45) is 0. The summed E-state index contributed by atoms with van der Waals surface area (Å²) in [5, 5.41) is 0. The first-order valence-corrected chi connectivity index (χ1v) is 4.44. The average molecular weight is 254 g/mol. The molecule has 0 spiro atoms. The molecule has 0 aliphatic carbocycles. The van der Waals surface area contributed by atoms with Crippen LogP contribution in [0.15, 0.2) is 0 Å². The summed E-state index contributed by atoms with van der Waals surface area (Å²) in [5.41, 5.74) is 0. The van der Waals surface area contributed by atoms with Crippen molar-refractivity contribution >= 4 is 47.8 Å². The normalized spacial score (nSPS) is 9.00. The Balaban J connectivity index is -0.0000000267. The van der Waals surface area contributed by atoms with E-state index in [9.17, 15) is 0 Å². The van der Waals surface area contributed by atoms with E-state index in [0.29, 0.717) is 0 Å². The van der Waals surface area contributed by atoms with Crippen molar-refractivity contribution in [3.8, 4) is 0 Å². The SMILES string of the molecule is N.N.O=P(O)(O)O.O=S(=O)(O)O.[NaH]. The fourth-order valence-corrected chi connectivity index (χ4v) is 0. The van der Waals surface area contributed by atoms with E-state index in [1.165, 1.54) is 0 Å². The molecule has 0 bridgehead atoms.